The number of nitrogens with zero attached hydrogens (tertiary/aromatic N) is 2. The van der Waals surface area contributed by atoms with Gasteiger partial charge in [-0.25, -0.2) is 5.43 Å². The first-order valence-corrected chi connectivity index (χ1v) is 8.89. The lowest BCUT2D eigenvalue weighted by Gasteiger charge is -2.05. The van der Waals surface area contributed by atoms with Crippen molar-refractivity contribution in [1.29, 1.82) is 0 Å². The zero-order chi connectivity index (χ0) is 19.9. The van der Waals surface area contributed by atoms with E-state index in [1.54, 1.807) is 13.2 Å². The van der Waals surface area contributed by atoms with Crippen molar-refractivity contribution in [2.75, 3.05) is 13.7 Å². The number of aromatic amines is 1. The molecule has 0 aliphatic heterocycles. The van der Waals surface area contributed by atoms with Gasteiger partial charge in [0.2, 0.25) is 0 Å². The van der Waals surface area contributed by atoms with E-state index in [0.29, 0.717) is 29.5 Å². The van der Waals surface area contributed by atoms with E-state index in [-0.39, 0.29) is 5.91 Å². The number of nitrogens with one attached hydrogen (secondary N) is 2. The van der Waals surface area contributed by atoms with Gasteiger partial charge in [-0.1, -0.05) is 12.1 Å². The Morgan fingerprint density at radius 3 is 2.64 bits per heavy atom. The smallest absolute Gasteiger partial charge is 0.289 e. The minimum atomic E-state index is -0.376. The van der Waals surface area contributed by atoms with Crippen LogP contribution in [0.4, 0.5) is 0 Å². The number of para-hydroxylation sites is 1. The average molecular weight is 378 g/mol. The number of H-pyrrole nitrogens is 1. The number of benzene rings is 2. The van der Waals surface area contributed by atoms with E-state index in [1.807, 2.05) is 62.4 Å². The van der Waals surface area contributed by atoms with Gasteiger partial charge >= 0.3 is 0 Å². The molecule has 0 unspecified atom stereocenters. The van der Waals surface area contributed by atoms with Crippen molar-refractivity contribution in [2.45, 2.75) is 13.8 Å². The van der Waals surface area contributed by atoms with Crippen molar-refractivity contribution in [1.82, 2.24) is 15.6 Å². The van der Waals surface area contributed by atoms with E-state index < -0.39 is 0 Å². The molecule has 1 amide bonds. The van der Waals surface area contributed by atoms with Crippen LogP contribution in [0.2, 0.25) is 0 Å². The molecule has 0 spiro atoms. The van der Waals surface area contributed by atoms with Crippen molar-refractivity contribution >= 4 is 11.6 Å². The Labute approximate surface area is 163 Å². The van der Waals surface area contributed by atoms with E-state index in [9.17, 15) is 4.79 Å². The molecule has 0 bridgehead atoms. The maximum absolute atomic E-state index is 12.4. The van der Waals surface area contributed by atoms with Crippen molar-refractivity contribution < 1.29 is 14.3 Å². The lowest BCUT2D eigenvalue weighted by molar-refractivity contribution is 0.0950. The second-order valence-corrected chi connectivity index (χ2v) is 5.96. The number of carbonyl (C=O) groups is 1. The average Bonchev–Trinajstić information content (AvgIpc) is 3.22. The summed E-state index contributed by atoms with van der Waals surface area (Å²) in [5.41, 5.74) is 5.85. The highest BCUT2D eigenvalue weighted by atomic mass is 16.5. The van der Waals surface area contributed by atoms with Crippen LogP contribution in [0.25, 0.3) is 11.3 Å². The van der Waals surface area contributed by atoms with E-state index in [1.165, 1.54) is 0 Å². The molecule has 2 N–H and O–H groups in total. The molecule has 0 radical (unpaired) electrons. The Morgan fingerprint density at radius 2 is 1.93 bits per heavy atom. The van der Waals surface area contributed by atoms with Gasteiger partial charge in [0.25, 0.3) is 5.91 Å². The van der Waals surface area contributed by atoms with Gasteiger partial charge in [-0.15, -0.1) is 0 Å². The Balaban J connectivity index is 1.69. The molecule has 144 valence electrons. The minimum Gasteiger partial charge on any atom is -0.496 e. The molecule has 0 fully saturated rings. The van der Waals surface area contributed by atoms with Gasteiger partial charge in [-0.2, -0.15) is 10.2 Å². The van der Waals surface area contributed by atoms with E-state index in [0.717, 1.165) is 16.9 Å². The predicted molar refractivity (Wildman–Crippen MR) is 108 cm³/mol. The summed E-state index contributed by atoms with van der Waals surface area (Å²) in [5.74, 6) is 1.11. The van der Waals surface area contributed by atoms with Crippen LogP contribution in [0.5, 0.6) is 11.5 Å². The highest BCUT2D eigenvalue weighted by Crippen LogP contribution is 2.28. The maximum Gasteiger partial charge on any atom is 0.289 e. The van der Waals surface area contributed by atoms with Crippen LogP contribution < -0.4 is 14.9 Å². The summed E-state index contributed by atoms with van der Waals surface area (Å²) in [7, 11) is 1.59. The number of methoxy groups -OCH3 is 1. The SMILES string of the molecule is CCOc1ccc(/C(C)=N/NC(=O)c2cc(-c3ccccc3OC)n[nH]2)cc1. The molecule has 2 aromatic carbocycles. The van der Waals surface area contributed by atoms with E-state index >= 15 is 0 Å². The lowest BCUT2D eigenvalue weighted by Crippen LogP contribution is -2.19. The highest BCUT2D eigenvalue weighted by molar-refractivity contribution is 6.00. The van der Waals surface area contributed by atoms with Gasteiger partial charge < -0.3 is 9.47 Å². The molecule has 0 aliphatic rings. The lowest BCUT2D eigenvalue weighted by atomic mass is 10.1. The van der Waals surface area contributed by atoms with E-state index in [4.69, 9.17) is 9.47 Å². The topological polar surface area (TPSA) is 88.6 Å². The number of carbonyl (C=O) groups excluding carboxylic acids is 1. The van der Waals surface area contributed by atoms with Crippen molar-refractivity contribution in [2.24, 2.45) is 5.10 Å². The Morgan fingerprint density at radius 1 is 1.18 bits per heavy atom. The third-order valence-corrected chi connectivity index (χ3v) is 4.11. The number of aromatic nitrogens is 2. The van der Waals surface area contributed by atoms with E-state index in [2.05, 4.69) is 20.7 Å². The predicted octanol–water partition coefficient (Wildman–Crippen LogP) is 3.64. The monoisotopic (exact) mass is 378 g/mol. The molecular weight excluding hydrogens is 356 g/mol. The largest absolute Gasteiger partial charge is 0.496 e. The normalized spacial score (nSPS) is 11.2. The first-order chi connectivity index (χ1) is 13.6. The summed E-state index contributed by atoms with van der Waals surface area (Å²) in [6.07, 6.45) is 0. The Kier molecular flexibility index (Phi) is 6.06. The van der Waals surface area contributed by atoms with Crippen molar-refractivity contribution in [3.8, 4) is 22.8 Å². The fourth-order valence-electron chi connectivity index (χ4n) is 2.65. The molecule has 0 saturated heterocycles. The number of hydrogen-bond donors (Lipinski definition) is 2. The van der Waals surface area contributed by atoms with Crippen molar-refractivity contribution in [3.05, 3.63) is 65.9 Å². The van der Waals surface area contributed by atoms with Crippen molar-refractivity contribution in [3.63, 3.8) is 0 Å². The minimum absolute atomic E-state index is 0.309. The van der Waals surface area contributed by atoms with Crippen LogP contribution >= 0.6 is 0 Å². The molecule has 1 aromatic heterocycles. The van der Waals surface area contributed by atoms with Crippen LogP contribution in [0.3, 0.4) is 0 Å². The Bertz CT molecular complexity index is 977. The molecule has 0 aliphatic carbocycles. The van der Waals surface area contributed by atoms with Gasteiger partial charge in [0.1, 0.15) is 17.2 Å². The maximum atomic E-state index is 12.4. The standard InChI is InChI=1S/C21H22N4O3/c1-4-28-16-11-9-15(10-12-16)14(2)22-25-21(26)19-13-18(23-24-19)17-7-5-6-8-20(17)27-3/h5-13H,4H2,1-3H3,(H,23,24)(H,25,26)/b22-14+. The third-order valence-electron chi connectivity index (χ3n) is 4.11. The van der Waals surface area contributed by atoms with Gasteiger partial charge in [0, 0.05) is 5.56 Å². The summed E-state index contributed by atoms with van der Waals surface area (Å²) < 4.78 is 10.8. The van der Waals surface area contributed by atoms with Crippen LogP contribution in [0.1, 0.15) is 29.9 Å². The fourth-order valence-corrected chi connectivity index (χ4v) is 2.65. The van der Waals surface area contributed by atoms with Crippen LogP contribution in [0, 0.1) is 0 Å². The number of amides is 1. The molecule has 28 heavy (non-hydrogen) atoms. The summed E-state index contributed by atoms with van der Waals surface area (Å²) in [5, 5.41) is 11.1. The zero-order valence-electron chi connectivity index (χ0n) is 16.0. The molecule has 7 heteroatoms. The van der Waals surface area contributed by atoms with Crippen LogP contribution in [-0.4, -0.2) is 35.5 Å². The Hall–Kier alpha value is -3.61. The van der Waals surface area contributed by atoms with Crippen LogP contribution in [-0.2, 0) is 0 Å². The first-order valence-electron chi connectivity index (χ1n) is 8.89. The quantitative estimate of drug-likeness (QED) is 0.485. The molecule has 0 saturated carbocycles. The summed E-state index contributed by atoms with van der Waals surface area (Å²) in [4.78, 5) is 12.4. The summed E-state index contributed by atoms with van der Waals surface area (Å²) >= 11 is 0. The number of hydrogen-bond acceptors (Lipinski definition) is 5. The molecule has 0 atom stereocenters. The third kappa shape index (κ3) is 4.37. The van der Waals surface area contributed by atoms with Gasteiger partial charge in [-0.05, 0) is 61.9 Å². The van der Waals surface area contributed by atoms with Gasteiger partial charge in [0.05, 0.1) is 25.1 Å². The molecule has 3 rings (SSSR count). The number of ether oxygens (including phenoxy) is 2. The molecule has 1 heterocycles. The van der Waals surface area contributed by atoms with Gasteiger partial charge in [0.15, 0.2) is 0 Å². The fraction of sp³-hybridized carbons (Fsp3) is 0.190. The second-order valence-electron chi connectivity index (χ2n) is 5.96. The second kappa shape index (κ2) is 8.85. The number of hydrazone groups is 1. The molecule has 3 aromatic rings. The molecule has 7 nitrogen and oxygen atoms in total. The first kappa shape index (κ1) is 19.2. The highest BCUT2D eigenvalue weighted by Gasteiger charge is 2.13. The van der Waals surface area contributed by atoms with Gasteiger partial charge in [-0.3, -0.25) is 9.89 Å². The zero-order valence-corrected chi connectivity index (χ0v) is 16.0. The summed E-state index contributed by atoms with van der Waals surface area (Å²) in [6, 6.07) is 16.7. The molecular formula is C21H22N4O3. The number of rotatable bonds is 7. The summed E-state index contributed by atoms with van der Waals surface area (Å²) in [6.45, 7) is 4.37. The van der Waals surface area contributed by atoms with Crippen LogP contribution in [0.15, 0.2) is 59.7 Å².